The first kappa shape index (κ1) is 9.50. The van der Waals surface area contributed by atoms with Gasteiger partial charge in [0.15, 0.2) is 0 Å². The zero-order chi connectivity index (χ0) is 9.97. The summed E-state index contributed by atoms with van der Waals surface area (Å²) in [4.78, 5) is 4.19. The molecule has 1 aliphatic rings. The summed E-state index contributed by atoms with van der Waals surface area (Å²) in [5.74, 6) is 0.801. The van der Waals surface area contributed by atoms with Crippen molar-refractivity contribution in [2.45, 2.75) is 39.2 Å². The molecule has 0 radical (unpaired) electrons. The minimum Gasteiger partial charge on any atom is -0.381 e. The highest BCUT2D eigenvalue weighted by Crippen LogP contribution is 2.27. The van der Waals surface area contributed by atoms with Crippen LogP contribution < -0.4 is 5.32 Å². The van der Waals surface area contributed by atoms with Gasteiger partial charge in [-0.25, -0.2) is 0 Å². The van der Waals surface area contributed by atoms with Crippen LogP contribution in [0.25, 0.3) is 0 Å². The Morgan fingerprint density at radius 1 is 1.36 bits per heavy atom. The van der Waals surface area contributed by atoms with Crippen LogP contribution in [0.1, 0.15) is 31.7 Å². The van der Waals surface area contributed by atoms with Crippen LogP contribution in [-0.4, -0.2) is 11.0 Å². The molecule has 0 aromatic carbocycles. The van der Waals surface area contributed by atoms with Crippen molar-refractivity contribution in [2.24, 2.45) is 5.92 Å². The standard InChI is InChI=1S/C12H18N2/c1-9-6-11(8-13-7-9)14-12-5-3-4-10(12)2/h6-8,10,12,14H,3-5H2,1-2H3. The molecule has 2 nitrogen and oxygen atoms in total. The zero-order valence-electron chi connectivity index (χ0n) is 8.96. The molecule has 2 heteroatoms. The highest BCUT2D eigenvalue weighted by Gasteiger charge is 2.22. The molecule has 2 unspecified atom stereocenters. The smallest absolute Gasteiger partial charge is 0.0531 e. The maximum absolute atomic E-state index is 4.19. The van der Waals surface area contributed by atoms with Crippen molar-refractivity contribution in [3.8, 4) is 0 Å². The SMILES string of the molecule is Cc1cncc(NC2CCCC2C)c1. The predicted octanol–water partition coefficient (Wildman–Crippen LogP) is 2.99. The van der Waals surface area contributed by atoms with Crippen LogP contribution in [0.15, 0.2) is 18.5 Å². The van der Waals surface area contributed by atoms with Gasteiger partial charge in [0.05, 0.1) is 5.69 Å². The maximum Gasteiger partial charge on any atom is 0.0531 e. The lowest BCUT2D eigenvalue weighted by molar-refractivity contribution is 0.556. The van der Waals surface area contributed by atoms with E-state index in [2.05, 4.69) is 30.2 Å². The van der Waals surface area contributed by atoms with E-state index in [1.54, 1.807) is 0 Å². The summed E-state index contributed by atoms with van der Waals surface area (Å²) < 4.78 is 0. The van der Waals surface area contributed by atoms with E-state index in [9.17, 15) is 0 Å². The molecule has 1 N–H and O–H groups in total. The Bertz CT molecular complexity index is 309. The third-order valence-corrected chi connectivity index (χ3v) is 3.09. The Morgan fingerprint density at radius 3 is 2.86 bits per heavy atom. The van der Waals surface area contributed by atoms with Crippen molar-refractivity contribution in [1.29, 1.82) is 0 Å². The van der Waals surface area contributed by atoms with Crippen LogP contribution in [0.2, 0.25) is 0 Å². The van der Waals surface area contributed by atoms with Crippen LogP contribution in [0, 0.1) is 12.8 Å². The second-order valence-electron chi connectivity index (χ2n) is 4.41. The van der Waals surface area contributed by atoms with Crippen LogP contribution in [0.3, 0.4) is 0 Å². The normalized spacial score (nSPS) is 26.4. The fourth-order valence-electron chi connectivity index (χ4n) is 2.21. The van der Waals surface area contributed by atoms with Gasteiger partial charge in [0.2, 0.25) is 0 Å². The molecule has 0 saturated heterocycles. The Kier molecular flexibility index (Phi) is 2.71. The molecule has 0 bridgehead atoms. The third-order valence-electron chi connectivity index (χ3n) is 3.09. The first-order valence-electron chi connectivity index (χ1n) is 5.44. The monoisotopic (exact) mass is 190 g/mol. The highest BCUT2D eigenvalue weighted by molar-refractivity contribution is 5.43. The second-order valence-corrected chi connectivity index (χ2v) is 4.41. The Balaban J connectivity index is 2.03. The fraction of sp³-hybridized carbons (Fsp3) is 0.583. The molecule has 1 heterocycles. The first-order chi connectivity index (χ1) is 6.75. The number of anilines is 1. The van der Waals surface area contributed by atoms with Gasteiger partial charge < -0.3 is 5.32 Å². The fourth-order valence-corrected chi connectivity index (χ4v) is 2.21. The minimum absolute atomic E-state index is 0.651. The number of aromatic nitrogens is 1. The van der Waals surface area contributed by atoms with E-state index in [1.807, 2.05) is 12.4 Å². The number of nitrogens with one attached hydrogen (secondary N) is 1. The maximum atomic E-state index is 4.19. The Hall–Kier alpha value is -1.05. The summed E-state index contributed by atoms with van der Waals surface area (Å²) in [5.41, 5.74) is 2.39. The molecule has 0 spiro atoms. The molecular formula is C12H18N2. The highest BCUT2D eigenvalue weighted by atomic mass is 14.9. The summed E-state index contributed by atoms with van der Waals surface area (Å²) in [6, 6.07) is 2.82. The summed E-state index contributed by atoms with van der Waals surface area (Å²) >= 11 is 0. The molecule has 2 rings (SSSR count). The average molecular weight is 190 g/mol. The van der Waals surface area contributed by atoms with E-state index in [4.69, 9.17) is 0 Å². The van der Waals surface area contributed by atoms with E-state index < -0.39 is 0 Å². The summed E-state index contributed by atoms with van der Waals surface area (Å²) in [5, 5.41) is 3.57. The second kappa shape index (κ2) is 3.99. The van der Waals surface area contributed by atoms with E-state index in [0.29, 0.717) is 6.04 Å². The van der Waals surface area contributed by atoms with E-state index in [0.717, 1.165) is 5.92 Å². The average Bonchev–Trinajstić information content (AvgIpc) is 2.52. The van der Waals surface area contributed by atoms with Crippen molar-refractivity contribution < 1.29 is 0 Å². The van der Waals surface area contributed by atoms with Gasteiger partial charge in [-0.2, -0.15) is 0 Å². The van der Waals surface area contributed by atoms with Crippen molar-refractivity contribution in [3.05, 3.63) is 24.0 Å². The number of hydrogen-bond acceptors (Lipinski definition) is 2. The van der Waals surface area contributed by atoms with Gasteiger partial charge in [-0.1, -0.05) is 13.3 Å². The predicted molar refractivity (Wildman–Crippen MR) is 59.4 cm³/mol. The zero-order valence-corrected chi connectivity index (χ0v) is 8.96. The molecule has 2 atom stereocenters. The lowest BCUT2D eigenvalue weighted by atomic mass is 10.1. The van der Waals surface area contributed by atoms with Gasteiger partial charge in [-0.15, -0.1) is 0 Å². The Labute approximate surface area is 85.7 Å². The van der Waals surface area contributed by atoms with Crippen molar-refractivity contribution in [1.82, 2.24) is 4.98 Å². The molecule has 76 valence electrons. The minimum atomic E-state index is 0.651. The van der Waals surface area contributed by atoms with Gasteiger partial charge in [-0.3, -0.25) is 4.98 Å². The number of nitrogens with zero attached hydrogens (tertiary/aromatic N) is 1. The number of aryl methyl sites for hydroxylation is 1. The van der Waals surface area contributed by atoms with Gasteiger partial charge in [0.1, 0.15) is 0 Å². The van der Waals surface area contributed by atoms with Crippen molar-refractivity contribution in [3.63, 3.8) is 0 Å². The van der Waals surface area contributed by atoms with Gasteiger partial charge >= 0.3 is 0 Å². The number of pyridine rings is 1. The van der Waals surface area contributed by atoms with Crippen LogP contribution in [-0.2, 0) is 0 Å². The molecule has 14 heavy (non-hydrogen) atoms. The molecule has 0 aliphatic heterocycles. The first-order valence-corrected chi connectivity index (χ1v) is 5.44. The van der Waals surface area contributed by atoms with E-state index in [-0.39, 0.29) is 0 Å². The molecule has 1 aliphatic carbocycles. The van der Waals surface area contributed by atoms with Crippen molar-refractivity contribution >= 4 is 5.69 Å². The van der Waals surface area contributed by atoms with E-state index >= 15 is 0 Å². The Morgan fingerprint density at radius 2 is 2.21 bits per heavy atom. The lowest BCUT2D eigenvalue weighted by Gasteiger charge is -2.18. The molecule has 0 amide bonds. The summed E-state index contributed by atoms with van der Waals surface area (Å²) in [7, 11) is 0. The summed E-state index contributed by atoms with van der Waals surface area (Å²) in [6.07, 6.45) is 7.82. The summed E-state index contributed by atoms with van der Waals surface area (Å²) in [6.45, 7) is 4.41. The van der Waals surface area contributed by atoms with Crippen molar-refractivity contribution in [2.75, 3.05) is 5.32 Å². The molecule has 1 saturated carbocycles. The molecule has 1 fully saturated rings. The third kappa shape index (κ3) is 2.06. The molecular weight excluding hydrogens is 172 g/mol. The van der Waals surface area contributed by atoms with Crippen LogP contribution in [0.5, 0.6) is 0 Å². The van der Waals surface area contributed by atoms with Crippen LogP contribution >= 0.6 is 0 Å². The van der Waals surface area contributed by atoms with E-state index in [1.165, 1.54) is 30.5 Å². The topological polar surface area (TPSA) is 24.9 Å². The van der Waals surface area contributed by atoms with Gasteiger partial charge in [0.25, 0.3) is 0 Å². The number of hydrogen-bond donors (Lipinski definition) is 1. The lowest BCUT2D eigenvalue weighted by Crippen LogP contribution is -2.21. The number of rotatable bonds is 2. The van der Waals surface area contributed by atoms with Gasteiger partial charge in [-0.05, 0) is 37.3 Å². The molecule has 1 aromatic rings. The molecule has 1 aromatic heterocycles. The van der Waals surface area contributed by atoms with Gasteiger partial charge in [0, 0.05) is 18.4 Å². The van der Waals surface area contributed by atoms with Crippen LogP contribution in [0.4, 0.5) is 5.69 Å². The largest absolute Gasteiger partial charge is 0.381 e. The quantitative estimate of drug-likeness (QED) is 0.775.